The molecule has 0 fully saturated rings. The van der Waals surface area contributed by atoms with Crippen LogP contribution in [-0.2, 0) is 6.54 Å². The number of fused-ring (bicyclic) bond motifs is 1. The summed E-state index contributed by atoms with van der Waals surface area (Å²) in [6.45, 7) is 0.552. The average molecular weight is 282 g/mol. The van der Waals surface area contributed by atoms with Crippen molar-refractivity contribution < 1.29 is 0 Å². The highest BCUT2D eigenvalue weighted by Gasteiger charge is 2.05. The lowest BCUT2D eigenvalue weighted by Crippen LogP contribution is -2.24. The van der Waals surface area contributed by atoms with Gasteiger partial charge in [-0.1, -0.05) is 0 Å². The summed E-state index contributed by atoms with van der Waals surface area (Å²) < 4.78 is 1.01. The molecule has 0 unspecified atom stereocenters. The van der Waals surface area contributed by atoms with Gasteiger partial charge in [0.15, 0.2) is 0 Å². The number of aromatic amines is 1. The zero-order valence-corrected chi connectivity index (χ0v) is 10.1. The van der Waals surface area contributed by atoms with Gasteiger partial charge in [-0.05, 0) is 28.1 Å². The normalized spacial score (nSPS) is 11.4. The summed E-state index contributed by atoms with van der Waals surface area (Å²) in [5, 5.41) is 2.54. The van der Waals surface area contributed by atoms with Gasteiger partial charge in [-0.25, -0.2) is 10.8 Å². The van der Waals surface area contributed by atoms with E-state index in [0.717, 1.165) is 21.2 Å². The van der Waals surface area contributed by atoms with Crippen molar-refractivity contribution in [3.8, 4) is 0 Å². The molecule has 84 valence electrons. The Morgan fingerprint density at radius 2 is 2.38 bits per heavy atom. The summed E-state index contributed by atoms with van der Waals surface area (Å²) in [6.07, 6.45) is 4.75. The first-order valence-electron chi connectivity index (χ1n) is 4.72. The van der Waals surface area contributed by atoms with E-state index < -0.39 is 0 Å². The third-order valence-corrected chi connectivity index (χ3v) is 2.86. The van der Waals surface area contributed by atoms with E-state index in [1.54, 1.807) is 12.4 Å². The first kappa shape index (κ1) is 11.0. The van der Waals surface area contributed by atoms with Crippen LogP contribution in [0.4, 0.5) is 0 Å². The maximum atomic E-state index is 5.69. The minimum atomic E-state index is 0.552. The molecular formula is C10H12BrN5. The van der Waals surface area contributed by atoms with Gasteiger partial charge in [0, 0.05) is 34.1 Å². The second-order valence-corrected chi connectivity index (χ2v) is 4.22. The van der Waals surface area contributed by atoms with Crippen LogP contribution in [0.5, 0.6) is 0 Å². The molecule has 5 N–H and O–H groups in total. The molecule has 0 atom stereocenters. The van der Waals surface area contributed by atoms with Crippen molar-refractivity contribution in [3.05, 3.63) is 40.9 Å². The van der Waals surface area contributed by atoms with E-state index in [1.165, 1.54) is 11.2 Å². The van der Waals surface area contributed by atoms with E-state index in [2.05, 4.69) is 25.9 Å². The molecule has 0 saturated heterocycles. The number of hydrogen-bond donors (Lipinski definition) is 3. The molecule has 0 aliphatic heterocycles. The van der Waals surface area contributed by atoms with Crippen LogP contribution in [0.2, 0.25) is 0 Å². The van der Waals surface area contributed by atoms with Crippen LogP contribution in [0.1, 0.15) is 5.69 Å². The SMILES string of the molecule is N/C=C\N(N)Cc1cc2c(Br)ccnc2[nH]1. The van der Waals surface area contributed by atoms with Crippen molar-refractivity contribution in [2.45, 2.75) is 6.54 Å². The second kappa shape index (κ2) is 4.54. The first-order chi connectivity index (χ1) is 7.70. The molecule has 0 spiro atoms. The largest absolute Gasteiger partial charge is 0.403 e. The van der Waals surface area contributed by atoms with Crippen molar-refractivity contribution in [3.63, 3.8) is 0 Å². The Kier molecular flexibility index (Phi) is 3.12. The highest BCUT2D eigenvalue weighted by molar-refractivity contribution is 9.10. The molecule has 0 bridgehead atoms. The fourth-order valence-corrected chi connectivity index (χ4v) is 1.91. The smallest absolute Gasteiger partial charge is 0.138 e. The van der Waals surface area contributed by atoms with E-state index in [4.69, 9.17) is 11.6 Å². The van der Waals surface area contributed by atoms with Crippen LogP contribution in [0.25, 0.3) is 11.0 Å². The van der Waals surface area contributed by atoms with Crippen molar-refractivity contribution in [1.82, 2.24) is 15.0 Å². The van der Waals surface area contributed by atoms with E-state index in [-0.39, 0.29) is 0 Å². The topological polar surface area (TPSA) is 84.0 Å². The molecule has 2 aromatic heterocycles. The second-order valence-electron chi connectivity index (χ2n) is 3.36. The lowest BCUT2D eigenvalue weighted by atomic mass is 10.3. The molecule has 5 nitrogen and oxygen atoms in total. The predicted molar refractivity (Wildman–Crippen MR) is 66.9 cm³/mol. The summed E-state index contributed by atoms with van der Waals surface area (Å²) in [4.78, 5) is 7.42. The molecule has 0 aliphatic rings. The summed E-state index contributed by atoms with van der Waals surface area (Å²) in [7, 11) is 0. The van der Waals surface area contributed by atoms with Crippen LogP contribution in [0.3, 0.4) is 0 Å². The Morgan fingerprint density at radius 1 is 1.56 bits per heavy atom. The van der Waals surface area contributed by atoms with Gasteiger partial charge in [-0.3, -0.25) is 0 Å². The Labute approximate surface area is 101 Å². The molecule has 2 heterocycles. The molecule has 0 radical (unpaired) electrons. The summed E-state index contributed by atoms with van der Waals surface area (Å²) in [5.41, 5.74) is 7.07. The molecule has 0 saturated carbocycles. The minimum absolute atomic E-state index is 0.552. The Balaban J connectivity index is 2.29. The molecule has 0 amide bonds. The summed E-state index contributed by atoms with van der Waals surface area (Å²) in [6, 6.07) is 3.91. The van der Waals surface area contributed by atoms with Gasteiger partial charge in [-0.2, -0.15) is 0 Å². The predicted octanol–water partition coefficient (Wildman–Crippen LogP) is 1.43. The molecule has 2 rings (SSSR count). The van der Waals surface area contributed by atoms with E-state index >= 15 is 0 Å². The maximum Gasteiger partial charge on any atom is 0.138 e. The lowest BCUT2D eigenvalue weighted by Gasteiger charge is -2.10. The van der Waals surface area contributed by atoms with Gasteiger partial charge < -0.3 is 15.7 Å². The quantitative estimate of drug-likeness (QED) is 0.587. The molecule has 6 heteroatoms. The van der Waals surface area contributed by atoms with Crippen LogP contribution >= 0.6 is 15.9 Å². The number of halogens is 1. The number of nitrogens with one attached hydrogen (secondary N) is 1. The lowest BCUT2D eigenvalue weighted by molar-refractivity contribution is 0.382. The first-order valence-corrected chi connectivity index (χ1v) is 5.52. The van der Waals surface area contributed by atoms with Crippen LogP contribution < -0.4 is 11.6 Å². The number of nitrogens with two attached hydrogens (primary N) is 2. The molecular weight excluding hydrogens is 270 g/mol. The maximum absolute atomic E-state index is 5.69. The Bertz CT molecular complexity index is 519. The van der Waals surface area contributed by atoms with Crippen molar-refractivity contribution in [2.75, 3.05) is 0 Å². The highest BCUT2D eigenvalue weighted by Crippen LogP contribution is 2.22. The fourth-order valence-electron chi connectivity index (χ4n) is 1.49. The van der Waals surface area contributed by atoms with Gasteiger partial charge in [0.1, 0.15) is 5.65 Å². The van der Waals surface area contributed by atoms with Crippen LogP contribution in [-0.4, -0.2) is 15.0 Å². The number of nitrogens with zero attached hydrogens (tertiary/aromatic N) is 2. The number of hydrazine groups is 1. The third kappa shape index (κ3) is 2.17. The fraction of sp³-hybridized carbons (Fsp3) is 0.100. The highest BCUT2D eigenvalue weighted by atomic mass is 79.9. The third-order valence-electron chi connectivity index (χ3n) is 2.16. The van der Waals surface area contributed by atoms with Crippen molar-refractivity contribution in [2.24, 2.45) is 11.6 Å². The number of H-pyrrole nitrogens is 1. The number of pyridine rings is 1. The zero-order chi connectivity index (χ0) is 11.5. The zero-order valence-electron chi connectivity index (χ0n) is 8.52. The van der Waals surface area contributed by atoms with Crippen molar-refractivity contribution >= 4 is 27.0 Å². The van der Waals surface area contributed by atoms with Gasteiger partial charge in [-0.15, -0.1) is 0 Å². The number of hydrogen-bond acceptors (Lipinski definition) is 4. The Morgan fingerprint density at radius 3 is 3.06 bits per heavy atom. The van der Waals surface area contributed by atoms with Gasteiger partial charge in [0.25, 0.3) is 0 Å². The van der Waals surface area contributed by atoms with E-state index in [0.29, 0.717) is 6.54 Å². The van der Waals surface area contributed by atoms with Gasteiger partial charge in [0.05, 0.1) is 6.54 Å². The Hall–Kier alpha value is -1.53. The van der Waals surface area contributed by atoms with E-state index in [9.17, 15) is 0 Å². The number of aromatic nitrogens is 2. The number of rotatable bonds is 3. The summed E-state index contributed by atoms with van der Waals surface area (Å²) in [5.74, 6) is 5.69. The molecule has 0 aliphatic carbocycles. The molecule has 16 heavy (non-hydrogen) atoms. The average Bonchev–Trinajstić information content (AvgIpc) is 2.62. The molecule has 0 aromatic carbocycles. The monoisotopic (exact) mass is 281 g/mol. The minimum Gasteiger partial charge on any atom is -0.403 e. The summed E-state index contributed by atoms with van der Waals surface area (Å²) >= 11 is 3.47. The van der Waals surface area contributed by atoms with Crippen molar-refractivity contribution in [1.29, 1.82) is 0 Å². The van der Waals surface area contributed by atoms with Crippen LogP contribution in [0.15, 0.2) is 35.2 Å². The molecule has 2 aromatic rings. The van der Waals surface area contributed by atoms with Gasteiger partial charge >= 0.3 is 0 Å². The van der Waals surface area contributed by atoms with E-state index in [1.807, 2.05) is 12.1 Å². The van der Waals surface area contributed by atoms with Gasteiger partial charge in [0.2, 0.25) is 0 Å². The standard InChI is InChI=1S/C10H12BrN5/c11-9-1-3-14-10-8(9)5-7(15-10)6-16(13)4-2-12/h1-5H,6,12-13H2,(H,14,15)/b4-2-. The van der Waals surface area contributed by atoms with Crippen LogP contribution in [0, 0.1) is 0 Å².